The molecule has 2 unspecified atom stereocenters. The normalized spacial score (nSPS) is 19.4. The summed E-state index contributed by atoms with van der Waals surface area (Å²) < 4.78 is 36.3. The van der Waals surface area contributed by atoms with Gasteiger partial charge in [0.15, 0.2) is 0 Å². The van der Waals surface area contributed by atoms with Gasteiger partial charge in [-0.15, -0.1) is 0 Å². The Morgan fingerprint density at radius 1 is 1.12 bits per heavy atom. The van der Waals surface area contributed by atoms with Gasteiger partial charge in [-0.05, 0) is 111 Å². The zero-order chi connectivity index (χ0) is 33.7. The minimum atomic E-state index is -1.32. The van der Waals surface area contributed by atoms with Gasteiger partial charge in [0.25, 0.3) is 5.91 Å². The SMILES string of the molecule is COCCCC1CCN(CCC(NC(=O)c2cc(F)c3nc4c(cc3c2)CC(F)(C(C)C)CC4)c2ccc(-c3ccnnc3)nc2)CC1. The third-order valence-corrected chi connectivity index (χ3v) is 10.4. The van der Waals surface area contributed by atoms with E-state index in [4.69, 9.17) is 4.74 Å². The van der Waals surface area contributed by atoms with Crippen molar-refractivity contribution in [3.8, 4) is 11.3 Å². The highest BCUT2D eigenvalue weighted by Crippen LogP contribution is 2.38. The molecular weight excluding hydrogens is 610 g/mol. The van der Waals surface area contributed by atoms with E-state index in [0.717, 1.165) is 79.5 Å². The summed E-state index contributed by atoms with van der Waals surface area (Å²) in [5.41, 5.74) is 3.12. The first-order valence-electron chi connectivity index (χ1n) is 17.3. The summed E-state index contributed by atoms with van der Waals surface area (Å²) in [6.07, 6.45) is 11.4. The fraction of sp³-hybridized carbons (Fsp3) is 0.500. The summed E-state index contributed by atoms with van der Waals surface area (Å²) in [5.74, 6) is -0.340. The molecule has 4 heterocycles. The van der Waals surface area contributed by atoms with Gasteiger partial charge in [-0.1, -0.05) is 19.9 Å². The number of halogens is 2. The Kier molecular flexibility index (Phi) is 10.7. The van der Waals surface area contributed by atoms with E-state index in [9.17, 15) is 4.79 Å². The van der Waals surface area contributed by atoms with Gasteiger partial charge in [0.05, 0.1) is 24.1 Å². The number of amides is 1. The molecule has 1 aliphatic heterocycles. The van der Waals surface area contributed by atoms with Gasteiger partial charge in [0, 0.05) is 55.1 Å². The van der Waals surface area contributed by atoms with Gasteiger partial charge >= 0.3 is 0 Å². The maximum Gasteiger partial charge on any atom is 0.251 e. The molecule has 1 fully saturated rings. The van der Waals surface area contributed by atoms with Crippen molar-refractivity contribution in [1.29, 1.82) is 0 Å². The second-order valence-corrected chi connectivity index (χ2v) is 13.8. The fourth-order valence-electron chi connectivity index (χ4n) is 7.17. The summed E-state index contributed by atoms with van der Waals surface area (Å²) in [6, 6.07) is 10.2. The van der Waals surface area contributed by atoms with Crippen LogP contribution < -0.4 is 5.32 Å². The van der Waals surface area contributed by atoms with Crippen LogP contribution in [0.1, 0.15) is 85.6 Å². The molecule has 48 heavy (non-hydrogen) atoms. The number of nitrogens with one attached hydrogen (secondary N) is 1. The molecule has 1 aliphatic carbocycles. The number of hydrogen-bond donors (Lipinski definition) is 1. The van der Waals surface area contributed by atoms with E-state index in [1.165, 1.54) is 12.5 Å². The van der Waals surface area contributed by atoms with Crippen LogP contribution in [0.15, 0.2) is 55.0 Å². The number of aromatic nitrogens is 4. The fourth-order valence-corrected chi connectivity index (χ4v) is 7.17. The number of hydrogen-bond acceptors (Lipinski definition) is 7. The topological polar surface area (TPSA) is 93.1 Å². The van der Waals surface area contributed by atoms with Gasteiger partial charge < -0.3 is 15.0 Å². The number of alkyl halides is 1. The number of methoxy groups -OCH3 is 1. The van der Waals surface area contributed by atoms with E-state index in [0.29, 0.717) is 24.6 Å². The number of nitrogens with zero attached hydrogens (tertiary/aromatic N) is 5. The summed E-state index contributed by atoms with van der Waals surface area (Å²) in [4.78, 5) is 25.5. The molecule has 3 aromatic heterocycles. The van der Waals surface area contributed by atoms with E-state index in [-0.39, 0.29) is 35.4 Å². The van der Waals surface area contributed by atoms with Gasteiger partial charge in [-0.3, -0.25) is 9.78 Å². The third kappa shape index (κ3) is 7.87. The highest BCUT2D eigenvalue weighted by atomic mass is 19.1. The molecule has 1 aromatic carbocycles. The smallest absolute Gasteiger partial charge is 0.251 e. The van der Waals surface area contributed by atoms with Gasteiger partial charge in [-0.2, -0.15) is 10.2 Å². The zero-order valence-electron chi connectivity index (χ0n) is 28.2. The number of rotatable bonds is 12. The minimum Gasteiger partial charge on any atom is -0.385 e. The van der Waals surface area contributed by atoms with Crippen LogP contribution in [-0.4, -0.2) is 70.0 Å². The standard InChI is InChI=1S/C38H46F2N6O2/c1-25(2)38(40)13-8-34-31(22-38)20-29-19-30(21-32(39)36(29)44-34)37(47)45-35(12-17-46-15-10-26(11-16-46)5-4-18-48-3)27-6-7-33(41-23-27)28-9-14-42-43-24-28/h6-7,9,14,19-21,23-26,35H,4-5,8,10-13,15-18,22H2,1-3H3,(H,45,47). The molecule has 0 bridgehead atoms. The number of pyridine rings is 2. The first-order chi connectivity index (χ1) is 23.2. The van der Waals surface area contributed by atoms with Crippen molar-refractivity contribution in [3.05, 3.63) is 83.2 Å². The average molecular weight is 657 g/mol. The monoisotopic (exact) mass is 656 g/mol. The van der Waals surface area contributed by atoms with E-state index in [1.54, 1.807) is 31.8 Å². The van der Waals surface area contributed by atoms with Crippen molar-refractivity contribution in [2.45, 2.75) is 76.9 Å². The minimum absolute atomic E-state index is 0.135. The van der Waals surface area contributed by atoms with Crippen molar-refractivity contribution in [2.24, 2.45) is 11.8 Å². The van der Waals surface area contributed by atoms with Crippen LogP contribution in [0.25, 0.3) is 22.2 Å². The summed E-state index contributed by atoms with van der Waals surface area (Å²) in [6.45, 7) is 7.45. The molecule has 1 N–H and O–H groups in total. The molecule has 2 atom stereocenters. The maximum absolute atomic E-state index is 15.6. The molecular formula is C38H46F2N6O2. The van der Waals surface area contributed by atoms with E-state index >= 15 is 8.78 Å². The molecule has 254 valence electrons. The number of aryl methyl sites for hydroxylation is 1. The molecule has 2 aliphatic rings. The molecule has 10 heteroatoms. The lowest BCUT2D eigenvalue weighted by molar-refractivity contribution is 0.0821. The van der Waals surface area contributed by atoms with Crippen LogP contribution in [0.2, 0.25) is 0 Å². The molecule has 0 radical (unpaired) electrons. The Balaban J connectivity index is 1.20. The Bertz CT molecular complexity index is 1700. The average Bonchev–Trinajstić information content (AvgIpc) is 3.10. The molecule has 1 saturated heterocycles. The van der Waals surface area contributed by atoms with Crippen LogP contribution in [-0.2, 0) is 17.6 Å². The Morgan fingerprint density at radius 2 is 1.96 bits per heavy atom. The molecule has 8 nitrogen and oxygen atoms in total. The van der Waals surface area contributed by atoms with Gasteiger partial charge in [0.1, 0.15) is 17.0 Å². The van der Waals surface area contributed by atoms with Crippen LogP contribution in [0.4, 0.5) is 8.78 Å². The Hall–Kier alpha value is -3.89. The second kappa shape index (κ2) is 15.1. The van der Waals surface area contributed by atoms with Crippen LogP contribution >= 0.6 is 0 Å². The lowest BCUT2D eigenvalue weighted by atomic mass is 9.77. The first-order valence-corrected chi connectivity index (χ1v) is 17.3. The number of carbonyl (C=O) groups excluding carboxylic acids is 1. The number of piperidine rings is 1. The number of benzene rings is 1. The molecule has 0 saturated carbocycles. The number of fused-ring (bicyclic) bond motifs is 2. The number of carbonyl (C=O) groups is 1. The predicted molar refractivity (Wildman–Crippen MR) is 183 cm³/mol. The Labute approximate surface area is 281 Å². The lowest BCUT2D eigenvalue weighted by Crippen LogP contribution is -2.37. The Morgan fingerprint density at radius 3 is 2.67 bits per heavy atom. The van der Waals surface area contributed by atoms with E-state index in [1.807, 2.05) is 38.1 Å². The summed E-state index contributed by atoms with van der Waals surface area (Å²) in [5, 5.41) is 11.5. The third-order valence-electron chi connectivity index (χ3n) is 10.4. The second-order valence-electron chi connectivity index (χ2n) is 13.8. The largest absolute Gasteiger partial charge is 0.385 e. The quantitative estimate of drug-likeness (QED) is 0.163. The maximum atomic E-state index is 15.6. The highest BCUT2D eigenvalue weighted by molar-refractivity contribution is 5.98. The predicted octanol–water partition coefficient (Wildman–Crippen LogP) is 7.08. The number of likely N-dealkylation sites (tertiary alicyclic amines) is 1. The first kappa shape index (κ1) is 34.0. The van der Waals surface area contributed by atoms with Gasteiger partial charge in [0.2, 0.25) is 0 Å². The van der Waals surface area contributed by atoms with Crippen molar-refractivity contribution in [1.82, 2.24) is 30.4 Å². The zero-order valence-corrected chi connectivity index (χ0v) is 28.2. The molecule has 1 amide bonds. The van der Waals surface area contributed by atoms with Crippen LogP contribution in [0, 0.1) is 17.7 Å². The molecule has 6 rings (SSSR count). The van der Waals surface area contributed by atoms with Crippen LogP contribution in [0.5, 0.6) is 0 Å². The van der Waals surface area contributed by atoms with Crippen LogP contribution in [0.3, 0.4) is 0 Å². The lowest BCUT2D eigenvalue weighted by Gasteiger charge is -2.34. The van der Waals surface area contributed by atoms with Gasteiger partial charge in [-0.25, -0.2) is 13.8 Å². The molecule has 4 aromatic rings. The van der Waals surface area contributed by atoms with Crippen molar-refractivity contribution in [3.63, 3.8) is 0 Å². The highest BCUT2D eigenvalue weighted by Gasteiger charge is 2.38. The van der Waals surface area contributed by atoms with Crippen molar-refractivity contribution in [2.75, 3.05) is 33.4 Å². The van der Waals surface area contributed by atoms with Crippen molar-refractivity contribution < 1.29 is 18.3 Å². The van der Waals surface area contributed by atoms with E-state index < -0.39 is 11.5 Å². The summed E-state index contributed by atoms with van der Waals surface area (Å²) >= 11 is 0. The van der Waals surface area contributed by atoms with Crippen molar-refractivity contribution >= 4 is 16.8 Å². The summed E-state index contributed by atoms with van der Waals surface area (Å²) in [7, 11) is 1.75. The number of ether oxygens (including phenoxy) is 1. The van der Waals surface area contributed by atoms with E-state index in [2.05, 4.69) is 30.4 Å². The molecule has 0 spiro atoms.